The Morgan fingerprint density at radius 3 is 2.55 bits per heavy atom. The lowest BCUT2D eigenvalue weighted by Crippen LogP contribution is -2.24. The van der Waals surface area contributed by atoms with Crippen molar-refractivity contribution in [1.29, 1.82) is 5.26 Å². The maximum absolute atomic E-state index is 12.8. The third-order valence-corrected chi connectivity index (χ3v) is 3.78. The lowest BCUT2D eigenvalue weighted by Gasteiger charge is -2.15. The minimum Gasteiger partial charge on any atom is -0.303 e. The summed E-state index contributed by atoms with van der Waals surface area (Å²) in [5.74, 6) is -0.268. The summed E-state index contributed by atoms with van der Waals surface area (Å²) >= 11 is 0. The average Bonchev–Trinajstić information content (AvgIpc) is 2.97. The Balaban J connectivity index is 1.66. The first-order chi connectivity index (χ1) is 9.79. The molecule has 0 aromatic heterocycles. The van der Waals surface area contributed by atoms with Crippen molar-refractivity contribution in [3.05, 3.63) is 35.6 Å². The molecule has 1 fully saturated rings. The van der Waals surface area contributed by atoms with Gasteiger partial charge in [0.15, 0.2) is 0 Å². The first kappa shape index (κ1) is 15.0. The van der Waals surface area contributed by atoms with Crippen LogP contribution in [0, 0.1) is 17.1 Å². The third kappa shape index (κ3) is 4.59. The van der Waals surface area contributed by atoms with E-state index in [1.54, 1.807) is 12.1 Å². The Bertz CT molecular complexity index is 432. The van der Waals surface area contributed by atoms with Crippen LogP contribution in [0.5, 0.6) is 0 Å². The van der Waals surface area contributed by atoms with Gasteiger partial charge < -0.3 is 4.90 Å². The van der Waals surface area contributed by atoms with Gasteiger partial charge in [-0.15, -0.1) is 0 Å². The van der Waals surface area contributed by atoms with E-state index in [-0.39, 0.29) is 11.9 Å². The highest BCUT2D eigenvalue weighted by molar-refractivity contribution is 5.24. The molecule has 108 valence electrons. The highest BCUT2D eigenvalue weighted by atomic mass is 19.1. The molecule has 1 saturated heterocycles. The third-order valence-electron chi connectivity index (χ3n) is 3.78. The number of halogens is 1. The highest BCUT2D eigenvalue weighted by Gasteiger charge is 2.11. The maximum atomic E-state index is 12.8. The van der Waals surface area contributed by atoms with Crippen molar-refractivity contribution in [3.63, 3.8) is 0 Å². The number of nitrogens with zero attached hydrogens (tertiary/aromatic N) is 2. The number of hydrogen-bond donors (Lipinski definition) is 1. The maximum Gasteiger partial charge on any atom is 0.123 e. The van der Waals surface area contributed by atoms with E-state index < -0.39 is 0 Å². The molecule has 1 atom stereocenters. The van der Waals surface area contributed by atoms with Crippen LogP contribution in [0.2, 0.25) is 0 Å². The zero-order valence-corrected chi connectivity index (χ0v) is 11.8. The summed E-state index contributed by atoms with van der Waals surface area (Å²) in [6.07, 6.45) is 4.89. The molecule has 1 aliphatic heterocycles. The fraction of sp³-hybridized carbons (Fsp3) is 0.562. The Morgan fingerprint density at radius 1 is 1.20 bits per heavy atom. The molecule has 0 spiro atoms. The standard InChI is InChI=1S/C16H22FN3/c17-15-7-5-14(6-8-15)16(13-18)19-9-1-2-10-20-11-3-4-12-20/h5-8,16,19H,1-4,9-12H2. The van der Waals surface area contributed by atoms with Gasteiger partial charge in [-0.05, 0) is 69.6 Å². The second-order valence-electron chi connectivity index (χ2n) is 5.32. The molecular formula is C16H22FN3. The van der Waals surface area contributed by atoms with Crippen LogP contribution in [0.25, 0.3) is 0 Å². The van der Waals surface area contributed by atoms with Gasteiger partial charge >= 0.3 is 0 Å². The Kier molecular flexibility index (Phi) is 5.97. The second-order valence-corrected chi connectivity index (χ2v) is 5.32. The van der Waals surface area contributed by atoms with Gasteiger partial charge in [0.25, 0.3) is 0 Å². The predicted octanol–water partition coefficient (Wildman–Crippen LogP) is 2.86. The summed E-state index contributed by atoms with van der Waals surface area (Å²) in [6.45, 7) is 4.46. The molecule has 0 radical (unpaired) electrons. The van der Waals surface area contributed by atoms with E-state index in [1.165, 1.54) is 38.1 Å². The first-order valence-corrected chi connectivity index (χ1v) is 7.40. The number of nitriles is 1. The Morgan fingerprint density at radius 2 is 1.90 bits per heavy atom. The summed E-state index contributed by atoms with van der Waals surface area (Å²) < 4.78 is 12.8. The zero-order chi connectivity index (χ0) is 14.2. The molecule has 1 N–H and O–H groups in total. The van der Waals surface area contributed by atoms with Crippen LogP contribution in [-0.2, 0) is 0 Å². The largest absolute Gasteiger partial charge is 0.303 e. The van der Waals surface area contributed by atoms with Gasteiger partial charge in [0.2, 0.25) is 0 Å². The van der Waals surface area contributed by atoms with Crippen molar-refractivity contribution in [2.75, 3.05) is 26.2 Å². The van der Waals surface area contributed by atoms with Crippen molar-refractivity contribution in [2.24, 2.45) is 0 Å². The number of rotatable bonds is 7. The van der Waals surface area contributed by atoms with Crippen LogP contribution in [0.1, 0.15) is 37.3 Å². The van der Waals surface area contributed by atoms with E-state index in [2.05, 4.69) is 16.3 Å². The quantitative estimate of drug-likeness (QED) is 0.778. The average molecular weight is 275 g/mol. The molecule has 4 heteroatoms. The van der Waals surface area contributed by atoms with Gasteiger partial charge in [-0.25, -0.2) is 4.39 Å². The molecule has 0 bridgehead atoms. The SMILES string of the molecule is N#CC(NCCCCN1CCCC1)c1ccc(F)cc1. The minimum atomic E-state index is -0.345. The summed E-state index contributed by atoms with van der Waals surface area (Å²) in [6, 6.07) is 8.01. The molecule has 1 aromatic rings. The van der Waals surface area contributed by atoms with Crippen LogP contribution < -0.4 is 5.32 Å². The van der Waals surface area contributed by atoms with Crippen molar-refractivity contribution >= 4 is 0 Å². The van der Waals surface area contributed by atoms with Crippen LogP contribution in [0.15, 0.2) is 24.3 Å². The van der Waals surface area contributed by atoms with E-state index in [0.717, 1.165) is 31.5 Å². The van der Waals surface area contributed by atoms with Gasteiger partial charge in [0.05, 0.1) is 6.07 Å². The van der Waals surface area contributed by atoms with E-state index in [9.17, 15) is 4.39 Å². The van der Waals surface area contributed by atoms with Gasteiger partial charge in [-0.2, -0.15) is 5.26 Å². The number of nitrogens with one attached hydrogen (secondary N) is 1. The molecule has 3 nitrogen and oxygen atoms in total. The van der Waals surface area contributed by atoms with Crippen LogP contribution in [-0.4, -0.2) is 31.1 Å². The van der Waals surface area contributed by atoms with Gasteiger partial charge in [0.1, 0.15) is 11.9 Å². The van der Waals surface area contributed by atoms with E-state index >= 15 is 0 Å². The lowest BCUT2D eigenvalue weighted by atomic mass is 10.1. The molecule has 0 amide bonds. The molecule has 1 aliphatic rings. The molecule has 1 heterocycles. The number of hydrogen-bond acceptors (Lipinski definition) is 3. The summed E-state index contributed by atoms with van der Waals surface area (Å²) in [4.78, 5) is 2.50. The molecular weight excluding hydrogens is 253 g/mol. The Hall–Kier alpha value is -1.44. The number of unbranched alkanes of at least 4 members (excludes halogenated alkanes) is 1. The van der Waals surface area contributed by atoms with E-state index in [0.29, 0.717) is 0 Å². The molecule has 0 aliphatic carbocycles. The lowest BCUT2D eigenvalue weighted by molar-refractivity contribution is 0.328. The van der Waals surface area contributed by atoms with E-state index in [1.807, 2.05) is 0 Å². The topological polar surface area (TPSA) is 39.1 Å². The molecule has 20 heavy (non-hydrogen) atoms. The summed E-state index contributed by atoms with van der Waals surface area (Å²) in [5, 5.41) is 12.4. The van der Waals surface area contributed by atoms with Gasteiger partial charge in [-0.3, -0.25) is 5.32 Å². The molecule has 0 saturated carbocycles. The van der Waals surface area contributed by atoms with Crippen molar-refractivity contribution in [2.45, 2.75) is 31.7 Å². The van der Waals surface area contributed by atoms with Crippen molar-refractivity contribution in [3.8, 4) is 6.07 Å². The highest BCUT2D eigenvalue weighted by Crippen LogP contribution is 2.13. The minimum absolute atomic E-state index is 0.268. The van der Waals surface area contributed by atoms with Crippen LogP contribution in [0.3, 0.4) is 0 Å². The second kappa shape index (κ2) is 7.98. The normalized spacial score (nSPS) is 17.0. The zero-order valence-electron chi connectivity index (χ0n) is 11.8. The van der Waals surface area contributed by atoms with Crippen molar-refractivity contribution in [1.82, 2.24) is 10.2 Å². The predicted molar refractivity (Wildman–Crippen MR) is 77.7 cm³/mol. The van der Waals surface area contributed by atoms with Gasteiger partial charge in [-0.1, -0.05) is 12.1 Å². The first-order valence-electron chi connectivity index (χ1n) is 7.40. The van der Waals surface area contributed by atoms with Crippen LogP contribution >= 0.6 is 0 Å². The molecule has 1 unspecified atom stereocenters. The smallest absolute Gasteiger partial charge is 0.123 e. The van der Waals surface area contributed by atoms with Crippen LogP contribution in [0.4, 0.5) is 4.39 Å². The summed E-state index contributed by atoms with van der Waals surface area (Å²) in [7, 11) is 0. The molecule has 2 rings (SSSR count). The van der Waals surface area contributed by atoms with Gasteiger partial charge in [0, 0.05) is 0 Å². The Labute approximate surface area is 120 Å². The molecule has 1 aromatic carbocycles. The van der Waals surface area contributed by atoms with Crippen molar-refractivity contribution < 1.29 is 4.39 Å². The summed E-state index contributed by atoms with van der Waals surface area (Å²) in [5.41, 5.74) is 0.827. The van der Waals surface area contributed by atoms with E-state index in [4.69, 9.17) is 5.26 Å². The number of likely N-dealkylation sites (tertiary alicyclic amines) is 1. The number of benzene rings is 1. The monoisotopic (exact) mass is 275 g/mol. The fourth-order valence-corrected chi connectivity index (χ4v) is 2.61. The fourth-order valence-electron chi connectivity index (χ4n) is 2.61.